The second-order valence-electron chi connectivity index (χ2n) is 6.56. The van der Waals surface area contributed by atoms with Gasteiger partial charge in [0.25, 0.3) is 17.5 Å². The Bertz CT molecular complexity index is 1210. The molecule has 0 aliphatic carbocycles. The van der Waals surface area contributed by atoms with Crippen LogP contribution in [0.25, 0.3) is 0 Å². The fraction of sp³-hybridized carbons (Fsp3) is 0.211. The minimum atomic E-state index is -3.91. The zero-order valence-electron chi connectivity index (χ0n) is 16.5. The number of para-hydroxylation sites is 2. The number of nitro benzene ring substituents is 1. The molecule has 0 bridgehead atoms. The highest BCUT2D eigenvalue weighted by Crippen LogP contribution is 2.30. The number of nitro groups is 1. The minimum Gasteiger partial charge on any atom is -0.485 e. The number of carbonyl (C=O) groups excluding carboxylic acids is 3. The van der Waals surface area contributed by atoms with E-state index in [0.717, 1.165) is 24.5 Å². The third-order valence-corrected chi connectivity index (χ3v) is 5.33. The van der Waals surface area contributed by atoms with Crippen LogP contribution in [0.15, 0.2) is 47.4 Å². The van der Waals surface area contributed by atoms with Crippen molar-refractivity contribution in [2.45, 2.75) is 11.0 Å². The summed E-state index contributed by atoms with van der Waals surface area (Å²) >= 11 is 0. The minimum absolute atomic E-state index is 0.133. The number of carbonyl (C=O) groups is 3. The van der Waals surface area contributed by atoms with Crippen molar-refractivity contribution in [1.29, 1.82) is 0 Å². The Labute approximate surface area is 181 Å². The molecule has 13 heteroatoms. The molecule has 1 N–H and O–H groups in total. The zero-order valence-corrected chi connectivity index (χ0v) is 17.3. The number of ether oxygens (including phenoxy) is 3. The molecular weight excluding hydrogens is 448 g/mol. The number of benzene rings is 2. The van der Waals surface area contributed by atoms with Gasteiger partial charge in [-0.3, -0.25) is 25.0 Å². The number of rotatable bonds is 6. The zero-order chi connectivity index (χ0) is 23.5. The van der Waals surface area contributed by atoms with Crippen molar-refractivity contribution < 1.29 is 41.9 Å². The van der Waals surface area contributed by atoms with E-state index in [-0.39, 0.29) is 12.2 Å². The summed E-state index contributed by atoms with van der Waals surface area (Å²) in [5.41, 5.74) is -1.15. The Hall–Kier alpha value is -4.00. The van der Waals surface area contributed by atoms with E-state index in [2.05, 4.69) is 0 Å². The monoisotopic (exact) mass is 464 g/mol. The summed E-state index contributed by atoms with van der Waals surface area (Å²) in [6.45, 7) is -0.997. The van der Waals surface area contributed by atoms with Crippen molar-refractivity contribution in [2.24, 2.45) is 0 Å². The van der Waals surface area contributed by atoms with Gasteiger partial charge in [0.2, 0.25) is 6.10 Å². The first-order valence-electron chi connectivity index (χ1n) is 8.94. The second kappa shape index (κ2) is 9.01. The van der Waals surface area contributed by atoms with E-state index in [4.69, 9.17) is 14.2 Å². The van der Waals surface area contributed by atoms with Gasteiger partial charge in [0.05, 0.1) is 10.5 Å². The topological polar surface area (TPSA) is 168 Å². The van der Waals surface area contributed by atoms with Crippen LogP contribution in [0.1, 0.15) is 10.4 Å². The summed E-state index contributed by atoms with van der Waals surface area (Å²) in [4.78, 5) is 45.8. The Kier molecular flexibility index (Phi) is 6.39. The predicted octanol–water partition coefficient (Wildman–Crippen LogP) is 0.638. The molecule has 0 saturated heterocycles. The number of fused-ring (bicyclic) bond motifs is 1. The van der Waals surface area contributed by atoms with Crippen molar-refractivity contribution in [3.05, 3.63) is 58.1 Å². The van der Waals surface area contributed by atoms with Crippen LogP contribution in [-0.2, 0) is 24.2 Å². The lowest BCUT2D eigenvalue weighted by atomic mass is 10.2. The molecule has 12 nitrogen and oxygen atoms in total. The summed E-state index contributed by atoms with van der Waals surface area (Å²) in [6, 6.07) is 9.29. The Morgan fingerprint density at radius 2 is 1.88 bits per heavy atom. The molecule has 1 aliphatic heterocycles. The molecule has 0 aromatic heterocycles. The molecule has 0 saturated carbocycles. The standard InChI is InChI=1S/C19H16N2O10S/c1-32(27,28)16-7-6-11(8-12(16)21(25)26)19(24)30-10-17(22)20-18(23)15-9-29-13-4-2-3-5-14(13)31-15/h2-8,15H,9-10H2,1H3,(H,20,22,23)/t15-/m1/s1. The Morgan fingerprint density at radius 1 is 1.19 bits per heavy atom. The average molecular weight is 464 g/mol. The summed E-state index contributed by atoms with van der Waals surface area (Å²) in [5, 5.41) is 13.1. The summed E-state index contributed by atoms with van der Waals surface area (Å²) < 4.78 is 38.8. The van der Waals surface area contributed by atoms with E-state index >= 15 is 0 Å². The van der Waals surface area contributed by atoms with Gasteiger partial charge in [-0.25, -0.2) is 13.2 Å². The molecule has 2 amide bonds. The number of nitrogens with zero attached hydrogens (tertiary/aromatic N) is 1. The Balaban J connectivity index is 1.58. The molecule has 32 heavy (non-hydrogen) atoms. The molecule has 1 aliphatic rings. The number of imide groups is 1. The maximum atomic E-state index is 12.2. The molecule has 3 rings (SSSR count). The van der Waals surface area contributed by atoms with Gasteiger partial charge in [0.1, 0.15) is 11.5 Å². The van der Waals surface area contributed by atoms with Crippen LogP contribution in [0, 0.1) is 10.1 Å². The van der Waals surface area contributed by atoms with Gasteiger partial charge < -0.3 is 14.2 Å². The summed E-state index contributed by atoms with van der Waals surface area (Å²) in [5.74, 6) is -2.12. The third-order valence-electron chi connectivity index (χ3n) is 4.19. The van der Waals surface area contributed by atoms with Crippen molar-refractivity contribution in [3.63, 3.8) is 0 Å². The van der Waals surface area contributed by atoms with E-state index in [1.165, 1.54) is 0 Å². The fourth-order valence-electron chi connectivity index (χ4n) is 2.72. The molecule has 2 aromatic carbocycles. The molecule has 0 fully saturated rings. The quantitative estimate of drug-likeness (QED) is 0.364. The first kappa shape index (κ1) is 22.7. The predicted molar refractivity (Wildman–Crippen MR) is 106 cm³/mol. The lowest BCUT2D eigenvalue weighted by Gasteiger charge is -2.25. The molecule has 168 valence electrons. The Morgan fingerprint density at radius 3 is 2.53 bits per heavy atom. The van der Waals surface area contributed by atoms with E-state index in [1.807, 2.05) is 5.32 Å². The molecule has 2 aromatic rings. The molecule has 0 unspecified atom stereocenters. The highest BCUT2D eigenvalue weighted by Gasteiger charge is 2.29. The largest absolute Gasteiger partial charge is 0.485 e. The van der Waals surface area contributed by atoms with Gasteiger partial charge in [0, 0.05) is 12.3 Å². The molecule has 1 heterocycles. The summed E-state index contributed by atoms with van der Waals surface area (Å²) in [6.07, 6.45) is -0.315. The van der Waals surface area contributed by atoms with Crippen LogP contribution < -0.4 is 14.8 Å². The van der Waals surface area contributed by atoms with Crippen molar-refractivity contribution in [2.75, 3.05) is 19.5 Å². The maximum Gasteiger partial charge on any atom is 0.338 e. The normalized spacial score (nSPS) is 14.8. The number of esters is 1. The van der Waals surface area contributed by atoms with E-state index in [1.54, 1.807) is 24.3 Å². The lowest BCUT2D eigenvalue weighted by molar-refractivity contribution is -0.387. The first-order valence-corrected chi connectivity index (χ1v) is 10.8. The highest BCUT2D eigenvalue weighted by molar-refractivity contribution is 7.90. The van der Waals surface area contributed by atoms with E-state index in [0.29, 0.717) is 11.5 Å². The SMILES string of the molecule is CS(=O)(=O)c1ccc(C(=O)OCC(=O)NC(=O)[C@H]2COc3ccccc3O2)cc1[N+](=O)[O-]. The number of sulfone groups is 1. The van der Waals surface area contributed by atoms with Gasteiger partial charge in [-0.1, -0.05) is 12.1 Å². The van der Waals surface area contributed by atoms with E-state index in [9.17, 15) is 32.9 Å². The van der Waals surface area contributed by atoms with Gasteiger partial charge in [-0.2, -0.15) is 0 Å². The number of hydrogen-bond donors (Lipinski definition) is 1. The fourth-order valence-corrected chi connectivity index (χ4v) is 3.55. The van der Waals surface area contributed by atoms with Gasteiger partial charge in [-0.15, -0.1) is 0 Å². The smallest absolute Gasteiger partial charge is 0.338 e. The van der Waals surface area contributed by atoms with Crippen LogP contribution in [-0.4, -0.2) is 56.7 Å². The van der Waals surface area contributed by atoms with Crippen molar-refractivity contribution in [1.82, 2.24) is 5.32 Å². The van der Waals surface area contributed by atoms with Gasteiger partial charge in [0.15, 0.2) is 27.9 Å². The molecular formula is C19H16N2O10S. The van der Waals surface area contributed by atoms with E-state index < -0.39 is 55.8 Å². The summed E-state index contributed by atoms with van der Waals surface area (Å²) in [7, 11) is -3.91. The van der Waals surface area contributed by atoms with Crippen LogP contribution in [0.5, 0.6) is 11.5 Å². The van der Waals surface area contributed by atoms with Crippen molar-refractivity contribution >= 4 is 33.3 Å². The van der Waals surface area contributed by atoms with Crippen LogP contribution >= 0.6 is 0 Å². The second-order valence-corrected chi connectivity index (χ2v) is 8.55. The third kappa shape index (κ3) is 5.18. The van der Waals surface area contributed by atoms with Crippen LogP contribution in [0.2, 0.25) is 0 Å². The van der Waals surface area contributed by atoms with Gasteiger partial charge >= 0.3 is 5.97 Å². The number of nitrogens with one attached hydrogen (secondary N) is 1. The number of hydrogen-bond acceptors (Lipinski definition) is 10. The first-order chi connectivity index (χ1) is 15.1. The van der Waals surface area contributed by atoms with Crippen LogP contribution in [0.3, 0.4) is 0 Å². The molecule has 0 radical (unpaired) electrons. The van der Waals surface area contributed by atoms with Crippen molar-refractivity contribution in [3.8, 4) is 11.5 Å². The molecule has 1 atom stereocenters. The maximum absolute atomic E-state index is 12.2. The highest BCUT2D eigenvalue weighted by atomic mass is 32.2. The van der Waals surface area contributed by atoms with Crippen LogP contribution in [0.4, 0.5) is 5.69 Å². The average Bonchev–Trinajstić information content (AvgIpc) is 2.76. The number of amides is 2. The lowest BCUT2D eigenvalue weighted by Crippen LogP contribution is -2.47. The molecule has 0 spiro atoms. The van der Waals surface area contributed by atoms with Gasteiger partial charge in [-0.05, 0) is 24.3 Å².